The maximum atomic E-state index is 10.8. The van der Waals surface area contributed by atoms with E-state index >= 15 is 0 Å². The van der Waals surface area contributed by atoms with Crippen molar-refractivity contribution in [2.75, 3.05) is 0 Å². The van der Waals surface area contributed by atoms with Crippen LogP contribution in [0.2, 0.25) is 0 Å². The molecule has 1 aliphatic rings. The predicted octanol–water partition coefficient (Wildman–Crippen LogP) is 2.81. The zero-order valence-electron chi connectivity index (χ0n) is 11.2. The maximum Gasteiger partial charge on any atom is 0.343 e. The van der Waals surface area contributed by atoms with E-state index in [9.17, 15) is 14.4 Å². The van der Waals surface area contributed by atoms with Crippen molar-refractivity contribution in [3.8, 4) is 5.75 Å². The van der Waals surface area contributed by atoms with Crippen LogP contribution >= 0.6 is 0 Å². The van der Waals surface area contributed by atoms with Gasteiger partial charge >= 0.3 is 11.9 Å². The summed E-state index contributed by atoms with van der Waals surface area (Å²) in [5, 5.41) is 8.58. The second-order valence-electron chi connectivity index (χ2n) is 4.36. The molecule has 2 bridgehead atoms. The van der Waals surface area contributed by atoms with E-state index in [0.29, 0.717) is 16.9 Å². The monoisotopic (exact) mass is 284 g/mol. The van der Waals surface area contributed by atoms with Crippen molar-refractivity contribution in [3.05, 3.63) is 65.2 Å². The summed E-state index contributed by atoms with van der Waals surface area (Å²) in [6, 6.07) is 13.0. The summed E-state index contributed by atoms with van der Waals surface area (Å²) in [6.45, 7) is 1.40. The molecule has 5 heteroatoms. The van der Waals surface area contributed by atoms with Crippen LogP contribution < -0.4 is 4.74 Å². The van der Waals surface area contributed by atoms with E-state index in [4.69, 9.17) is 9.84 Å². The number of hydrogen-bond donors (Lipinski definition) is 1. The molecule has 0 unspecified atom stereocenters. The van der Waals surface area contributed by atoms with E-state index in [1.165, 1.54) is 19.1 Å². The number of rotatable bonds is 2. The SMILES string of the molecule is CC(=O)c1cccc(C(=O)O)c1.O=C1Oc2cccc1c2. The van der Waals surface area contributed by atoms with Gasteiger partial charge in [-0.3, -0.25) is 4.79 Å². The van der Waals surface area contributed by atoms with Gasteiger partial charge in [-0.25, -0.2) is 9.59 Å². The van der Waals surface area contributed by atoms with Gasteiger partial charge in [-0.05, 0) is 37.3 Å². The van der Waals surface area contributed by atoms with Crippen LogP contribution in [0.1, 0.15) is 38.0 Å². The minimum absolute atomic E-state index is 0.127. The van der Waals surface area contributed by atoms with Crippen LogP contribution in [0.15, 0.2) is 48.5 Å². The van der Waals surface area contributed by atoms with E-state index in [0.717, 1.165) is 0 Å². The van der Waals surface area contributed by atoms with Crippen LogP contribution in [0.5, 0.6) is 5.75 Å². The first kappa shape index (κ1) is 14.5. The van der Waals surface area contributed by atoms with Crippen molar-refractivity contribution < 1.29 is 24.2 Å². The molecule has 0 spiro atoms. The summed E-state index contributed by atoms with van der Waals surface area (Å²) in [5.74, 6) is -0.733. The van der Waals surface area contributed by atoms with Crippen LogP contribution in [0, 0.1) is 0 Å². The minimum atomic E-state index is -1.02. The molecule has 0 radical (unpaired) electrons. The zero-order chi connectivity index (χ0) is 15.4. The Morgan fingerprint density at radius 3 is 2.24 bits per heavy atom. The second kappa shape index (κ2) is 6.00. The Morgan fingerprint density at radius 1 is 1.00 bits per heavy atom. The Morgan fingerprint density at radius 2 is 1.67 bits per heavy atom. The molecule has 0 fully saturated rings. The quantitative estimate of drug-likeness (QED) is 0.677. The van der Waals surface area contributed by atoms with Crippen molar-refractivity contribution in [1.82, 2.24) is 0 Å². The molecule has 2 aromatic carbocycles. The van der Waals surface area contributed by atoms with E-state index in [1.807, 2.05) is 0 Å². The molecule has 1 aliphatic heterocycles. The maximum absolute atomic E-state index is 10.8. The highest BCUT2D eigenvalue weighted by atomic mass is 16.5. The number of carboxylic acids is 1. The topological polar surface area (TPSA) is 80.7 Å². The largest absolute Gasteiger partial charge is 0.478 e. The molecule has 21 heavy (non-hydrogen) atoms. The lowest BCUT2D eigenvalue weighted by molar-refractivity contribution is 0.0695. The van der Waals surface area contributed by atoms with E-state index in [-0.39, 0.29) is 17.3 Å². The van der Waals surface area contributed by atoms with Gasteiger partial charge < -0.3 is 9.84 Å². The number of hydrogen-bond acceptors (Lipinski definition) is 4. The molecular formula is C16H12O5. The lowest BCUT2D eigenvalue weighted by atomic mass is 10.1. The number of ketones is 1. The number of esters is 1. The van der Waals surface area contributed by atoms with Crippen LogP contribution in [0.25, 0.3) is 0 Å². The van der Waals surface area contributed by atoms with Crippen molar-refractivity contribution in [3.63, 3.8) is 0 Å². The van der Waals surface area contributed by atoms with Crippen LogP contribution in [-0.4, -0.2) is 22.8 Å². The third kappa shape index (κ3) is 3.54. The molecule has 106 valence electrons. The van der Waals surface area contributed by atoms with Gasteiger partial charge in [0, 0.05) is 5.56 Å². The summed E-state index contributed by atoms with van der Waals surface area (Å²) < 4.78 is 4.75. The van der Waals surface area contributed by atoms with Gasteiger partial charge in [0.05, 0.1) is 11.1 Å². The number of benzene rings is 2. The van der Waals surface area contributed by atoms with Crippen LogP contribution in [0.4, 0.5) is 0 Å². The number of aromatic carboxylic acids is 1. The molecule has 0 aromatic heterocycles. The van der Waals surface area contributed by atoms with Gasteiger partial charge in [0.25, 0.3) is 0 Å². The molecule has 3 rings (SSSR count). The number of Topliss-reactive ketones (excluding diaryl/α,β-unsaturated/α-hetero) is 1. The molecule has 0 atom stereocenters. The number of carboxylic acid groups (broad SMARTS) is 1. The zero-order valence-corrected chi connectivity index (χ0v) is 11.2. The first-order valence-corrected chi connectivity index (χ1v) is 6.14. The highest BCUT2D eigenvalue weighted by molar-refractivity contribution is 5.97. The van der Waals surface area contributed by atoms with Crippen molar-refractivity contribution in [2.45, 2.75) is 6.92 Å². The number of ether oxygens (including phenoxy) is 1. The van der Waals surface area contributed by atoms with Crippen molar-refractivity contribution in [1.29, 1.82) is 0 Å². The fourth-order valence-corrected chi connectivity index (χ4v) is 1.72. The molecule has 1 N–H and O–H groups in total. The highest BCUT2D eigenvalue weighted by Crippen LogP contribution is 2.21. The molecular weight excluding hydrogens is 272 g/mol. The van der Waals surface area contributed by atoms with Gasteiger partial charge in [-0.2, -0.15) is 0 Å². The van der Waals surface area contributed by atoms with Gasteiger partial charge in [0.15, 0.2) is 5.78 Å². The van der Waals surface area contributed by atoms with Crippen molar-refractivity contribution >= 4 is 17.7 Å². The summed E-state index contributed by atoms with van der Waals surface area (Å²) in [4.78, 5) is 32.0. The molecule has 0 saturated carbocycles. The molecule has 0 aliphatic carbocycles. The molecule has 1 heterocycles. The third-order valence-electron chi connectivity index (χ3n) is 2.80. The van der Waals surface area contributed by atoms with Gasteiger partial charge in [-0.1, -0.05) is 18.2 Å². The molecule has 5 nitrogen and oxygen atoms in total. The van der Waals surface area contributed by atoms with Crippen molar-refractivity contribution in [2.24, 2.45) is 0 Å². The Hall–Kier alpha value is -2.95. The number of carbonyl (C=O) groups is 3. The summed E-state index contributed by atoms with van der Waals surface area (Å²) >= 11 is 0. The standard InChI is InChI=1S/C9H8O3.C7H4O2/c1-6(10)7-3-2-4-8(5-7)9(11)12;8-7-5-2-1-3-6(4-5)9-7/h2-5H,1H3,(H,11,12);1-4H. The first-order chi connectivity index (χ1) is 9.97. The normalized spacial score (nSPS) is 11.2. The van der Waals surface area contributed by atoms with Gasteiger partial charge in [0.2, 0.25) is 0 Å². The summed E-state index contributed by atoms with van der Waals surface area (Å²) in [7, 11) is 0. The fourth-order valence-electron chi connectivity index (χ4n) is 1.72. The Kier molecular flexibility index (Phi) is 4.13. The minimum Gasteiger partial charge on any atom is -0.478 e. The summed E-state index contributed by atoms with van der Waals surface area (Å²) in [5.41, 5.74) is 1.21. The highest BCUT2D eigenvalue weighted by Gasteiger charge is 2.15. The average Bonchev–Trinajstić information content (AvgIpc) is 2.72. The number of fused-ring (bicyclic) bond motifs is 2. The Balaban J connectivity index is 0.000000159. The lowest BCUT2D eigenvalue weighted by Gasteiger charge is -1.96. The fraction of sp³-hybridized carbons (Fsp3) is 0.0625. The van der Waals surface area contributed by atoms with Gasteiger partial charge in [0.1, 0.15) is 5.75 Å². The van der Waals surface area contributed by atoms with Crippen LogP contribution in [-0.2, 0) is 0 Å². The Labute approximate surface area is 120 Å². The van der Waals surface area contributed by atoms with E-state index in [2.05, 4.69) is 0 Å². The lowest BCUT2D eigenvalue weighted by Crippen LogP contribution is -1.99. The molecule has 0 saturated heterocycles. The Bertz CT molecular complexity index is 689. The molecule has 0 amide bonds. The predicted molar refractivity (Wildman–Crippen MR) is 74.8 cm³/mol. The average molecular weight is 284 g/mol. The first-order valence-electron chi connectivity index (χ1n) is 6.14. The molecule has 2 aromatic rings. The summed E-state index contributed by atoms with van der Waals surface area (Å²) in [6.07, 6.45) is 0. The van der Waals surface area contributed by atoms with E-state index in [1.54, 1.807) is 36.4 Å². The smallest absolute Gasteiger partial charge is 0.343 e. The number of carbonyl (C=O) groups excluding carboxylic acids is 2. The van der Waals surface area contributed by atoms with Gasteiger partial charge in [-0.15, -0.1) is 0 Å². The third-order valence-corrected chi connectivity index (χ3v) is 2.80. The van der Waals surface area contributed by atoms with E-state index < -0.39 is 5.97 Å². The second-order valence-corrected chi connectivity index (χ2v) is 4.36. The van der Waals surface area contributed by atoms with Crippen LogP contribution in [0.3, 0.4) is 0 Å².